The molecule has 7 heteroatoms. The Bertz CT molecular complexity index is 1200. The number of nitrogens with zero attached hydrogens (tertiary/aromatic N) is 2. The van der Waals surface area contributed by atoms with E-state index in [1.54, 1.807) is 6.08 Å². The molecule has 0 spiro atoms. The standard InChI is InChI=1S/C25H25N3O3S/c1-17(2)14-28-24(30)22(32-25(28)31)12-19-15-27(21-11-7-6-10-20(19)21)16-23(29)26-13-18-8-4-3-5-9-18/h3-12,15,17H,13-14,16H2,1-2H3,(H,26,29)/b22-12-. The second kappa shape index (κ2) is 9.44. The Morgan fingerprint density at radius 2 is 1.78 bits per heavy atom. The zero-order chi connectivity index (χ0) is 22.7. The summed E-state index contributed by atoms with van der Waals surface area (Å²) in [4.78, 5) is 39.3. The van der Waals surface area contributed by atoms with Gasteiger partial charge >= 0.3 is 0 Å². The maximum absolute atomic E-state index is 12.7. The average molecular weight is 448 g/mol. The van der Waals surface area contributed by atoms with Crippen molar-refractivity contribution in [2.75, 3.05) is 6.54 Å². The van der Waals surface area contributed by atoms with Crippen LogP contribution >= 0.6 is 11.8 Å². The zero-order valence-electron chi connectivity index (χ0n) is 18.1. The Balaban J connectivity index is 1.55. The van der Waals surface area contributed by atoms with Gasteiger partial charge in [0.05, 0.1) is 4.91 Å². The Hall–Kier alpha value is -3.32. The Kier molecular flexibility index (Phi) is 6.46. The van der Waals surface area contributed by atoms with Gasteiger partial charge in [-0.25, -0.2) is 0 Å². The first-order valence-corrected chi connectivity index (χ1v) is 11.4. The SMILES string of the molecule is CC(C)CN1C(=O)S/C(=C\c2cn(CC(=O)NCc3ccccc3)c3ccccc23)C1=O. The van der Waals surface area contributed by atoms with E-state index >= 15 is 0 Å². The van der Waals surface area contributed by atoms with Crippen LogP contribution in [0.2, 0.25) is 0 Å². The van der Waals surface area contributed by atoms with Gasteiger partial charge in [-0.2, -0.15) is 0 Å². The van der Waals surface area contributed by atoms with E-state index in [-0.39, 0.29) is 29.5 Å². The number of benzene rings is 2. The predicted octanol–water partition coefficient (Wildman–Crippen LogP) is 4.65. The second-order valence-electron chi connectivity index (χ2n) is 8.18. The molecule has 0 saturated carbocycles. The zero-order valence-corrected chi connectivity index (χ0v) is 18.9. The number of rotatable bonds is 7. The van der Waals surface area contributed by atoms with E-state index < -0.39 is 0 Å². The quantitative estimate of drug-likeness (QED) is 0.535. The van der Waals surface area contributed by atoms with Crippen LogP contribution in [0, 0.1) is 5.92 Å². The summed E-state index contributed by atoms with van der Waals surface area (Å²) in [5.41, 5.74) is 2.75. The topological polar surface area (TPSA) is 71.4 Å². The minimum absolute atomic E-state index is 0.0987. The number of hydrogen-bond donors (Lipinski definition) is 1. The van der Waals surface area contributed by atoms with Crippen molar-refractivity contribution in [3.05, 3.63) is 76.8 Å². The number of hydrogen-bond acceptors (Lipinski definition) is 4. The van der Waals surface area contributed by atoms with Gasteiger partial charge in [0, 0.05) is 35.8 Å². The first-order chi connectivity index (χ1) is 15.4. The lowest BCUT2D eigenvalue weighted by molar-refractivity contribution is -0.123. The lowest BCUT2D eigenvalue weighted by Gasteiger charge is -2.14. The van der Waals surface area contributed by atoms with Crippen LogP contribution in [-0.2, 0) is 22.7 Å². The first kappa shape index (κ1) is 21.9. The fraction of sp³-hybridized carbons (Fsp3) is 0.240. The summed E-state index contributed by atoms with van der Waals surface area (Å²) in [6, 6.07) is 17.5. The highest BCUT2D eigenvalue weighted by Gasteiger charge is 2.35. The smallest absolute Gasteiger partial charge is 0.293 e. The molecule has 32 heavy (non-hydrogen) atoms. The molecule has 1 N–H and O–H groups in total. The van der Waals surface area contributed by atoms with Gasteiger partial charge in [0.1, 0.15) is 6.54 Å². The van der Waals surface area contributed by atoms with Crippen molar-refractivity contribution < 1.29 is 14.4 Å². The van der Waals surface area contributed by atoms with Crippen LogP contribution in [-0.4, -0.2) is 33.1 Å². The molecule has 6 nitrogen and oxygen atoms in total. The molecule has 1 aliphatic heterocycles. The Labute approximate surface area is 191 Å². The fourth-order valence-corrected chi connectivity index (χ4v) is 4.53. The fourth-order valence-electron chi connectivity index (χ4n) is 3.69. The number of aromatic nitrogens is 1. The molecule has 1 aliphatic rings. The molecule has 0 bridgehead atoms. The number of imide groups is 1. The van der Waals surface area contributed by atoms with E-state index in [1.807, 2.05) is 79.2 Å². The van der Waals surface area contributed by atoms with Crippen molar-refractivity contribution in [3.63, 3.8) is 0 Å². The van der Waals surface area contributed by atoms with Gasteiger partial charge in [0.15, 0.2) is 0 Å². The van der Waals surface area contributed by atoms with Crippen LogP contribution in [0.25, 0.3) is 17.0 Å². The summed E-state index contributed by atoms with van der Waals surface area (Å²) in [6.45, 7) is 4.99. The first-order valence-electron chi connectivity index (χ1n) is 10.6. The van der Waals surface area contributed by atoms with Crippen molar-refractivity contribution in [1.82, 2.24) is 14.8 Å². The van der Waals surface area contributed by atoms with Gasteiger partial charge < -0.3 is 9.88 Å². The molecular weight excluding hydrogens is 422 g/mol. The molecule has 1 fully saturated rings. The van der Waals surface area contributed by atoms with Gasteiger partial charge in [0.25, 0.3) is 11.1 Å². The van der Waals surface area contributed by atoms with Crippen LogP contribution in [0.3, 0.4) is 0 Å². The minimum Gasteiger partial charge on any atom is -0.350 e. The Morgan fingerprint density at radius 3 is 2.53 bits per heavy atom. The number of amides is 3. The van der Waals surface area contributed by atoms with Crippen molar-refractivity contribution in [2.45, 2.75) is 26.9 Å². The van der Waals surface area contributed by atoms with Gasteiger partial charge in [0.2, 0.25) is 5.91 Å². The highest BCUT2D eigenvalue weighted by atomic mass is 32.2. The number of para-hydroxylation sites is 1. The summed E-state index contributed by atoms with van der Waals surface area (Å²) in [6.07, 6.45) is 3.62. The normalized spacial score (nSPS) is 15.3. The number of nitrogens with one attached hydrogen (secondary N) is 1. The van der Waals surface area contributed by atoms with Crippen LogP contribution in [0.1, 0.15) is 25.0 Å². The second-order valence-corrected chi connectivity index (χ2v) is 9.17. The lowest BCUT2D eigenvalue weighted by Crippen LogP contribution is -2.31. The van der Waals surface area contributed by atoms with Crippen LogP contribution in [0.4, 0.5) is 4.79 Å². The van der Waals surface area contributed by atoms with Crippen LogP contribution in [0.15, 0.2) is 65.7 Å². The third-order valence-electron chi connectivity index (χ3n) is 5.17. The average Bonchev–Trinajstić information content (AvgIpc) is 3.25. The van der Waals surface area contributed by atoms with Gasteiger partial charge in [-0.05, 0) is 35.4 Å². The van der Waals surface area contributed by atoms with E-state index in [2.05, 4.69) is 5.32 Å². The maximum atomic E-state index is 12.7. The van der Waals surface area contributed by atoms with E-state index in [0.717, 1.165) is 33.8 Å². The summed E-state index contributed by atoms with van der Waals surface area (Å²) in [7, 11) is 0. The molecule has 1 aromatic heterocycles. The molecule has 2 aromatic carbocycles. The van der Waals surface area contributed by atoms with Gasteiger partial charge in [-0.3, -0.25) is 19.3 Å². The molecule has 0 unspecified atom stereocenters. The van der Waals surface area contributed by atoms with Crippen LogP contribution < -0.4 is 5.32 Å². The molecule has 0 atom stereocenters. The third-order valence-corrected chi connectivity index (χ3v) is 6.08. The van der Waals surface area contributed by atoms with Crippen molar-refractivity contribution in [3.8, 4) is 0 Å². The summed E-state index contributed by atoms with van der Waals surface area (Å²) >= 11 is 0.966. The highest BCUT2D eigenvalue weighted by molar-refractivity contribution is 8.18. The molecule has 0 radical (unpaired) electrons. The third kappa shape index (κ3) is 4.78. The van der Waals surface area contributed by atoms with E-state index in [9.17, 15) is 14.4 Å². The van der Waals surface area contributed by atoms with Gasteiger partial charge in [-0.1, -0.05) is 62.4 Å². The summed E-state index contributed by atoms with van der Waals surface area (Å²) in [5.74, 6) is -0.149. The monoisotopic (exact) mass is 447 g/mol. The molecule has 3 amide bonds. The Morgan fingerprint density at radius 1 is 1.06 bits per heavy atom. The number of carbonyl (C=O) groups is 3. The molecule has 1 saturated heterocycles. The van der Waals surface area contributed by atoms with Gasteiger partial charge in [-0.15, -0.1) is 0 Å². The van der Waals surface area contributed by atoms with E-state index in [4.69, 9.17) is 0 Å². The van der Waals surface area contributed by atoms with Crippen LogP contribution in [0.5, 0.6) is 0 Å². The van der Waals surface area contributed by atoms with Crippen molar-refractivity contribution in [2.24, 2.45) is 5.92 Å². The molecular formula is C25H25N3O3S. The highest BCUT2D eigenvalue weighted by Crippen LogP contribution is 2.34. The number of carbonyl (C=O) groups excluding carboxylic acids is 3. The van der Waals surface area contributed by atoms with Crippen molar-refractivity contribution in [1.29, 1.82) is 0 Å². The maximum Gasteiger partial charge on any atom is 0.293 e. The molecule has 4 rings (SSSR count). The van der Waals surface area contributed by atoms with E-state index in [1.165, 1.54) is 4.90 Å². The lowest BCUT2D eigenvalue weighted by atomic mass is 10.1. The molecule has 2 heterocycles. The molecule has 0 aliphatic carbocycles. The molecule has 3 aromatic rings. The minimum atomic E-state index is -0.258. The summed E-state index contributed by atoms with van der Waals surface area (Å²) < 4.78 is 1.87. The summed E-state index contributed by atoms with van der Waals surface area (Å²) in [5, 5.41) is 3.64. The van der Waals surface area contributed by atoms with Crippen molar-refractivity contribution >= 4 is 45.8 Å². The molecule has 164 valence electrons. The predicted molar refractivity (Wildman–Crippen MR) is 128 cm³/mol. The number of fused-ring (bicyclic) bond motifs is 1. The van der Waals surface area contributed by atoms with E-state index in [0.29, 0.717) is 18.0 Å². The number of thioether (sulfide) groups is 1. The largest absolute Gasteiger partial charge is 0.350 e.